The summed E-state index contributed by atoms with van der Waals surface area (Å²) in [5, 5.41) is 12.7. The van der Waals surface area contributed by atoms with Crippen LogP contribution in [0.4, 0.5) is 0 Å². The van der Waals surface area contributed by atoms with Crippen molar-refractivity contribution < 1.29 is 9.26 Å². The fraction of sp³-hybridized carbons (Fsp3) is 0.800. The van der Waals surface area contributed by atoms with Crippen LogP contribution in [0.15, 0.2) is 4.52 Å². The van der Waals surface area contributed by atoms with Crippen molar-refractivity contribution >= 4 is 0 Å². The normalized spacial score (nSPS) is 26.4. The summed E-state index contributed by atoms with van der Waals surface area (Å²) in [5.41, 5.74) is -0.372. The van der Waals surface area contributed by atoms with Gasteiger partial charge in [0.1, 0.15) is 5.60 Å². The molecule has 110 valence electrons. The van der Waals surface area contributed by atoms with Crippen molar-refractivity contribution in [3.05, 3.63) is 11.7 Å². The monoisotopic (exact) mass is 277 g/mol. The van der Waals surface area contributed by atoms with E-state index < -0.39 is 0 Å². The quantitative estimate of drug-likeness (QED) is 0.745. The number of aryl methyl sites for hydroxylation is 1. The second-order valence-electron chi connectivity index (χ2n) is 5.65. The van der Waals surface area contributed by atoms with E-state index in [0.717, 1.165) is 25.7 Å². The number of unbranched alkanes of at least 4 members (excludes halogenated alkanes) is 1. The van der Waals surface area contributed by atoms with Crippen LogP contribution in [0.2, 0.25) is 0 Å². The zero-order valence-electron chi connectivity index (χ0n) is 12.4. The fourth-order valence-corrected chi connectivity index (χ4v) is 3.04. The van der Waals surface area contributed by atoms with Gasteiger partial charge in [-0.2, -0.15) is 10.2 Å². The largest absolute Gasteiger partial charge is 0.367 e. The molecule has 1 aromatic heterocycles. The number of aromatic nitrogens is 2. The molecule has 1 fully saturated rings. The number of hydrogen-bond acceptors (Lipinski definition) is 5. The summed E-state index contributed by atoms with van der Waals surface area (Å²) in [6, 6.07) is 2.13. The smallest absolute Gasteiger partial charge is 0.226 e. The number of nitrogens with zero attached hydrogens (tertiary/aromatic N) is 3. The maximum Gasteiger partial charge on any atom is 0.226 e. The maximum absolute atomic E-state index is 8.56. The van der Waals surface area contributed by atoms with Gasteiger partial charge in [0.25, 0.3) is 0 Å². The first-order valence-electron chi connectivity index (χ1n) is 7.54. The average Bonchev–Trinajstić information content (AvgIpc) is 2.89. The van der Waals surface area contributed by atoms with Crippen LogP contribution < -0.4 is 0 Å². The van der Waals surface area contributed by atoms with Crippen molar-refractivity contribution in [3.8, 4) is 6.07 Å². The third-order valence-corrected chi connectivity index (χ3v) is 3.93. The summed E-state index contributed by atoms with van der Waals surface area (Å²) in [4.78, 5) is 4.52. The number of hydrogen-bond donors (Lipinski definition) is 0. The Labute approximate surface area is 120 Å². The minimum Gasteiger partial charge on any atom is -0.367 e. The predicted molar refractivity (Wildman–Crippen MR) is 73.8 cm³/mol. The number of nitriles is 1. The second kappa shape index (κ2) is 6.85. The molecule has 0 saturated heterocycles. The molecule has 0 N–H and O–H groups in total. The Morgan fingerprint density at radius 3 is 3.10 bits per heavy atom. The summed E-state index contributed by atoms with van der Waals surface area (Å²) in [5.74, 6) is 1.93. The highest BCUT2D eigenvalue weighted by atomic mass is 16.5. The van der Waals surface area contributed by atoms with Gasteiger partial charge in [0.15, 0.2) is 0 Å². The molecule has 20 heavy (non-hydrogen) atoms. The Kier molecular flexibility index (Phi) is 5.13. The Morgan fingerprint density at radius 1 is 1.55 bits per heavy atom. The molecule has 2 rings (SSSR count). The Balaban J connectivity index is 2.11. The van der Waals surface area contributed by atoms with E-state index in [9.17, 15) is 0 Å². The highest BCUT2D eigenvalue weighted by Gasteiger charge is 2.41. The molecule has 0 aromatic carbocycles. The third-order valence-electron chi connectivity index (χ3n) is 3.93. The molecule has 2 unspecified atom stereocenters. The fourth-order valence-electron chi connectivity index (χ4n) is 3.04. The van der Waals surface area contributed by atoms with E-state index >= 15 is 0 Å². The highest BCUT2D eigenvalue weighted by Crippen LogP contribution is 2.41. The van der Waals surface area contributed by atoms with Gasteiger partial charge in [-0.3, -0.25) is 0 Å². The third kappa shape index (κ3) is 3.37. The lowest BCUT2D eigenvalue weighted by atomic mass is 9.78. The molecule has 1 aliphatic carbocycles. The van der Waals surface area contributed by atoms with Crippen LogP contribution in [-0.4, -0.2) is 16.7 Å². The molecule has 1 heterocycles. The first kappa shape index (κ1) is 15.0. The van der Waals surface area contributed by atoms with Crippen molar-refractivity contribution in [3.63, 3.8) is 0 Å². The van der Waals surface area contributed by atoms with Crippen LogP contribution in [0.5, 0.6) is 0 Å². The van der Waals surface area contributed by atoms with Crippen molar-refractivity contribution in [2.75, 3.05) is 6.61 Å². The van der Waals surface area contributed by atoms with Crippen molar-refractivity contribution in [1.82, 2.24) is 10.1 Å². The molecule has 1 aliphatic rings. The first-order chi connectivity index (χ1) is 9.70. The van der Waals surface area contributed by atoms with Crippen LogP contribution in [-0.2, 0) is 16.8 Å². The lowest BCUT2D eigenvalue weighted by Gasteiger charge is -2.37. The molecule has 0 spiro atoms. The molecule has 0 bridgehead atoms. The van der Waals surface area contributed by atoms with E-state index in [4.69, 9.17) is 14.5 Å². The van der Waals surface area contributed by atoms with Gasteiger partial charge >= 0.3 is 0 Å². The van der Waals surface area contributed by atoms with Crippen LogP contribution in [0.1, 0.15) is 64.1 Å². The van der Waals surface area contributed by atoms with Gasteiger partial charge in [0.2, 0.25) is 11.7 Å². The lowest BCUT2D eigenvalue weighted by molar-refractivity contribution is -0.0891. The van der Waals surface area contributed by atoms with E-state index in [1.165, 1.54) is 6.42 Å². The molecule has 5 nitrogen and oxygen atoms in total. The highest BCUT2D eigenvalue weighted by molar-refractivity contribution is 5.04. The minimum atomic E-state index is -0.372. The van der Waals surface area contributed by atoms with E-state index in [1.54, 1.807) is 0 Å². The molecule has 0 aliphatic heterocycles. The molecule has 5 heteroatoms. The van der Waals surface area contributed by atoms with Gasteiger partial charge in [-0.1, -0.05) is 18.5 Å². The summed E-state index contributed by atoms with van der Waals surface area (Å²) in [6.07, 6.45) is 6.24. The van der Waals surface area contributed by atoms with Gasteiger partial charge in [0, 0.05) is 19.4 Å². The Morgan fingerprint density at radius 2 is 2.40 bits per heavy atom. The molecule has 1 aromatic rings. The van der Waals surface area contributed by atoms with Gasteiger partial charge in [-0.05, 0) is 38.5 Å². The van der Waals surface area contributed by atoms with Gasteiger partial charge in [-0.15, -0.1) is 0 Å². The predicted octanol–water partition coefficient (Wildman–Crippen LogP) is 3.36. The topological polar surface area (TPSA) is 71.9 Å². The Hall–Kier alpha value is -1.41. The molecule has 0 amide bonds. The number of rotatable bonds is 6. The molecule has 1 saturated carbocycles. The van der Waals surface area contributed by atoms with Crippen LogP contribution in [0, 0.1) is 17.2 Å². The summed E-state index contributed by atoms with van der Waals surface area (Å²) < 4.78 is 11.3. The standard InChI is InChI=1S/C15H23N3O2/c1-3-19-15(9-6-7-12(2)11-15)14-17-13(20-18-14)8-4-5-10-16/h12H,3-9,11H2,1-2H3. The Bertz CT molecular complexity index is 462. The van der Waals surface area contributed by atoms with Gasteiger partial charge in [-0.25, -0.2) is 0 Å². The van der Waals surface area contributed by atoms with Crippen molar-refractivity contribution in [1.29, 1.82) is 5.26 Å². The maximum atomic E-state index is 8.56. The summed E-state index contributed by atoms with van der Waals surface area (Å²) in [6.45, 7) is 4.92. The van der Waals surface area contributed by atoms with Crippen molar-refractivity contribution in [2.24, 2.45) is 5.92 Å². The van der Waals surface area contributed by atoms with Crippen LogP contribution in [0.25, 0.3) is 0 Å². The first-order valence-corrected chi connectivity index (χ1v) is 7.54. The van der Waals surface area contributed by atoms with E-state index in [2.05, 4.69) is 23.1 Å². The minimum absolute atomic E-state index is 0.372. The molecular formula is C15H23N3O2. The average molecular weight is 277 g/mol. The van der Waals surface area contributed by atoms with Gasteiger partial charge in [0.05, 0.1) is 6.07 Å². The van der Waals surface area contributed by atoms with Crippen LogP contribution >= 0.6 is 0 Å². The number of ether oxygens (including phenoxy) is 1. The molecule has 0 radical (unpaired) electrons. The zero-order valence-corrected chi connectivity index (χ0v) is 12.4. The lowest BCUT2D eigenvalue weighted by Crippen LogP contribution is -2.36. The van der Waals surface area contributed by atoms with Crippen LogP contribution in [0.3, 0.4) is 0 Å². The zero-order chi connectivity index (χ0) is 14.4. The SMILES string of the molecule is CCOC1(c2noc(CCCC#N)n2)CCCC(C)C1. The van der Waals surface area contributed by atoms with E-state index in [0.29, 0.717) is 37.1 Å². The molecule has 2 atom stereocenters. The van der Waals surface area contributed by atoms with E-state index in [-0.39, 0.29) is 5.60 Å². The second-order valence-corrected chi connectivity index (χ2v) is 5.65. The molecular weight excluding hydrogens is 254 g/mol. The summed E-state index contributed by atoms with van der Waals surface area (Å²) >= 11 is 0. The van der Waals surface area contributed by atoms with Gasteiger partial charge < -0.3 is 9.26 Å². The van der Waals surface area contributed by atoms with E-state index in [1.807, 2.05) is 6.92 Å². The summed E-state index contributed by atoms with van der Waals surface area (Å²) in [7, 11) is 0. The van der Waals surface area contributed by atoms with Crippen molar-refractivity contribution in [2.45, 2.75) is 64.4 Å².